The molecule has 6 nitrogen and oxygen atoms in total. The summed E-state index contributed by atoms with van der Waals surface area (Å²) < 4.78 is 0. The second-order valence-corrected chi connectivity index (χ2v) is 37.3. The minimum Gasteiger partial charge on any atom is -0.345 e. The van der Waals surface area contributed by atoms with Crippen LogP contribution in [0.3, 0.4) is 0 Å². The molecule has 0 bridgehead atoms. The van der Waals surface area contributed by atoms with E-state index in [9.17, 15) is 0 Å². The van der Waals surface area contributed by atoms with Gasteiger partial charge in [-0.1, -0.05) is 413 Å². The largest absolute Gasteiger partial charge is 0.345 e. The highest BCUT2D eigenvalue weighted by Crippen LogP contribution is 2.49. The quantitative estimate of drug-likeness (QED) is 0.0746. The van der Waals surface area contributed by atoms with Gasteiger partial charge >= 0.3 is 0 Å². The lowest BCUT2D eigenvalue weighted by molar-refractivity contribution is 1.21. The first-order valence-electron chi connectivity index (χ1n) is 49.7. The molecule has 0 saturated carbocycles. The standard InChI is InChI=1S/2C47H34N2.C45H34N2/c1-48(47-43-20-8-4-14-37(43)32-38-15-5-9-21-44(38)47)39-28-24-33(25-29-39)34-26-30-40(31-27-34)49(45-22-10-16-35-12-2-6-18-41(35)45)46-23-11-17-36-13-3-7-19-42(36)46;1-48(43-29-24-39-30-37-12-2-3-13-38(37)31-40(39)32-43)41-25-20-33(21-26-41)34-22-27-42(28-23-34)49(46-18-8-14-35-10-4-6-16-44(35)46)47-19-9-15-36-11-5-7-17-45(36)47;1-46(41-19-9-18-38(32-41)33-12-3-2-4-13-33)39-28-24-34(25-29-39)35-26-30-40(31-27-35)47(44-22-10-16-36-14-5-7-20-42(36)44)45-23-11-17-37-15-6-8-21-43(37)45/h2*2-32H,1H3;2-32H,1H3. The van der Waals surface area contributed by atoms with Gasteiger partial charge in [-0.05, 0) is 261 Å². The molecule has 26 aromatic carbocycles. The molecule has 0 atom stereocenters. The van der Waals surface area contributed by atoms with E-state index in [2.05, 4.69) is 615 Å². The highest BCUT2D eigenvalue weighted by atomic mass is 15.2. The zero-order valence-electron chi connectivity index (χ0n) is 80.9. The Balaban J connectivity index is 0.000000117. The van der Waals surface area contributed by atoms with Crippen LogP contribution in [0.15, 0.2) is 564 Å². The fraction of sp³-hybridized carbons (Fsp3) is 0.0216. The van der Waals surface area contributed by atoms with Crippen molar-refractivity contribution in [2.24, 2.45) is 0 Å². The lowest BCUT2D eigenvalue weighted by Gasteiger charge is -2.28. The van der Waals surface area contributed by atoms with Crippen molar-refractivity contribution in [3.05, 3.63) is 564 Å². The molecule has 145 heavy (non-hydrogen) atoms. The van der Waals surface area contributed by atoms with Gasteiger partial charge in [-0.2, -0.15) is 0 Å². The number of nitrogens with zero attached hydrogens (tertiary/aromatic N) is 6. The Morgan fingerprint density at radius 1 is 0.110 bits per heavy atom. The molecular weight excluding hydrogens is 1750 g/mol. The Morgan fingerprint density at radius 3 is 0.634 bits per heavy atom. The number of benzene rings is 26. The van der Waals surface area contributed by atoms with Crippen molar-refractivity contribution in [3.63, 3.8) is 0 Å². The summed E-state index contributed by atoms with van der Waals surface area (Å²) in [6.45, 7) is 0. The van der Waals surface area contributed by atoms with Crippen LogP contribution in [0, 0.1) is 0 Å². The summed E-state index contributed by atoms with van der Waals surface area (Å²) in [6.07, 6.45) is 0. The van der Waals surface area contributed by atoms with Crippen LogP contribution in [0.5, 0.6) is 0 Å². The summed E-state index contributed by atoms with van der Waals surface area (Å²) in [5, 5.41) is 24.8. The number of anilines is 15. The average molecular weight is 1860 g/mol. The molecule has 0 spiro atoms. The SMILES string of the molecule is CN(c1ccc(-c2ccc(N(c3cccc4ccccc34)c3cccc4ccccc34)cc2)cc1)c1c2ccccc2cc2ccccc12.CN(c1ccc(-c2ccc(N(c3cccc4ccccc34)c3cccc4ccccc34)cc2)cc1)c1ccc2cc3ccccc3cc2c1.CN(c1ccc(-c2ccc(N(c3cccc4ccccc34)c3cccc4ccccc34)cc2)cc1)c1cccc(-c2ccccc2)c1. The number of rotatable bonds is 19. The van der Waals surface area contributed by atoms with Crippen LogP contribution < -0.4 is 29.4 Å². The van der Waals surface area contributed by atoms with E-state index < -0.39 is 0 Å². The van der Waals surface area contributed by atoms with E-state index in [0.717, 1.165) is 73.9 Å². The Bertz CT molecular complexity index is 8920. The molecule has 0 aliphatic heterocycles. The van der Waals surface area contributed by atoms with Crippen molar-refractivity contribution in [2.45, 2.75) is 0 Å². The first kappa shape index (κ1) is 88.8. The highest BCUT2D eigenvalue weighted by Gasteiger charge is 2.24. The smallest absolute Gasteiger partial charge is 0.0567 e. The second kappa shape index (κ2) is 39.4. The monoisotopic (exact) mass is 1850 g/mol. The molecule has 0 N–H and O–H groups in total. The van der Waals surface area contributed by atoms with Gasteiger partial charge in [0.25, 0.3) is 0 Å². The van der Waals surface area contributed by atoms with Gasteiger partial charge in [0.15, 0.2) is 0 Å². The van der Waals surface area contributed by atoms with Crippen molar-refractivity contribution in [2.75, 3.05) is 50.5 Å². The van der Waals surface area contributed by atoms with Gasteiger partial charge in [0.05, 0.1) is 39.8 Å². The molecule has 0 amide bonds. The van der Waals surface area contributed by atoms with E-state index >= 15 is 0 Å². The summed E-state index contributed by atoms with van der Waals surface area (Å²) in [7, 11) is 6.44. The average Bonchev–Trinajstić information content (AvgIpc) is 0.766. The fourth-order valence-electron chi connectivity index (χ4n) is 21.1. The molecule has 0 heterocycles. The third-order valence-corrected chi connectivity index (χ3v) is 28.7. The van der Waals surface area contributed by atoms with Crippen molar-refractivity contribution in [1.29, 1.82) is 0 Å². The van der Waals surface area contributed by atoms with Gasteiger partial charge in [-0.3, -0.25) is 0 Å². The predicted molar refractivity (Wildman–Crippen MR) is 624 cm³/mol. The normalized spacial score (nSPS) is 11.3. The third-order valence-electron chi connectivity index (χ3n) is 28.7. The second-order valence-electron chi connectivity index (χ2n) is 37.3. The maximum atomic E-state index is 2.40. The van der Waals surface area contributed by atoms with E-state index in [0.29, 0.717) is 0 Å². The molecular formula is C139H102N6. The topological polar surface area (TPSA) is 19.4 Å². The fourth-order valence-corrected chi connectivity index (χ4v) is 21.1. The number of hydrogen-bond donors (Lipinski definition) is 0. The van der Waals surface area contributed by atoms with Crippen LogP contribution in [0.2, 0.25) is 0 Å². The van der Waals surface area contributed by atoms with Crippen LogP contribution in [0.1, 0.15) is 0 Å². The summed E-state index contributed by atoms with van der Waals surface area (Å²) in [5.41, 5.74) is 26.9. The van der Waals surface area contributed by atoms with Gasteiger partial charge in [0, 0.05) is 110 Å². The molecule has 26 aromatic rings. The first-order valence-corrected chi connectivity index (χ1v) is 49.7. The van der Waals surface area contributed by atoms with Crippen molar-refractivity contribution < 1.29 is 0 Å². The molecule has 0 unspecified atom stereocenters. The number of fused-ring (bicyclic) bond motifs is 10. The van der Waals surface area contributed by atoms with Crippen LogP contribution in [-0.2, 0) is 0 Å². The number of hydrogen-bond acceptors (Lipinski definition) is 6. The van der Waals surface area contributed by atoms with Crippen molar-refractivity contribution >= 4 is 193 Å². The highest BCUT2D eigenvalue weighted by molar-refractivity contribution is 6.14. The molecule has 688 valence electrons. The summed E-state index contributed by atoms with van der Waals surface area (Å²) in [5.74, 6) is 0. The van der Waals surface area contributed by atoms with E-state index in [1.807, 2.05) is 0 Å². The minimum absolute atomic E-state index is 1.12. The molecule has 0 fully saturated rings. The Labute approximate surface area is 846 Å². The molecule has 0 aliphatic carbocycles. The summed E-state index contributed by atoms with van der Waals surface area (Å²) in [4.78, 5) is 14.0. The zero-order valence-corrected chi connectivity index (χ0v) is 80.9. The lowest BCUT2D eigenvalue weighted by atomic mass is 9.99. The molecule has 26 rings (SSSR count). The van der Waals surface area contributed by atoms with Crippen molar-refractivity contribution in [1.82, 2.24) is 0 Å². The van der Waals surface area contributed by atoms with E-state index in [4.69, 9.17) is 0 Å². The Hall–Kier alpha value is -18.9. The molecule has 0 saturated heterocycles. The van der Waals surface area contributed by atoms with Gasteiger partial charge < -0.3 is 29.4 Å². The maximum absolute atomic E-state index is 2.40. The van der Waals surface area contributed by atoms with Gasteiger partial charge in [0.1, 0.15) is 0 Å². The molecule has 6 heteroatoms. The first-order chi connectivity index (χ1) is 71.6. The molecule has 0 radical (unpaired) electrons. The van der Waals surface area contributed by atoms with Crippen molar-refractivity contribution in [3.8, 4) is 44.5 Å². The summed E-state index contributed by atoms with van der Waals surface area (Å²) in [6, 6.07) is 204. The van der Waals surface area contributed by atoms with Gasteiger partial charge in [-0.25, -0.2) is 0 Å². The molecule has 0 aliphatic rings. The Kier molecular flexibility index (Phi) is 24.1. The zero-order chi connectivity index (χ0) is 97.1. The van der Waals surface area contributed by atoms with E-state index in [-0.39, 0.29) is 0 Å². The van der Waals surface area contributed by atoms with Crippen LogP contribution in [0.4, 0.5) is 85.3 Å². The lowest BCUT2D eigenvalue weighted by Crippen LogP contribution is -2.11. The van der Waals surface area contributed by atoms with E-state index in [1.54, 1.807) is 0 Å². The van der Waals surface area contributed by atoms with E-state index in [1.165, 1.54) is 164 Å². The third kappa shape index (κ3) is 17.7. The Morgan fingerprint density at radius 2 is 0.317 bits per heavy atom. The predicted octanol–water partition coefficient (Wildman–Crippen LogP) is 39.0. The maximum Gasteiger partial charge on any atom is 0.0567 e. The van der Waals surface area contributed by atoms with Gasteiger partial charge in [0.2, 0.25) is 0 Å². The van der Waals surface area contributed by atoms with Crippen LogP contribution >= 0.6 is 0 Å². The summed E-state index contributed by atoms with van der Waals surface area (Å²) >= 11 is 0. The minimum atomic E-state index is 1.12. The van der Waals surface area contributed by atoms with Crippen LogP contribution in [0.25, 0.3) is 152 Å². The molecule has 0 aromatic heterocycles. The van der Waals surface area contributed by atoms with Crippen LogP contribution in [-0.4, -0.2) is 21.1 Å². The van der Waals surface area contributed by atoms with Gasteiger partial charge in [-0.15, -0.1) is 0 Å².